The van der Waals surface area contributed by atoms with Gasteiger partial charge in [-0.25, -0.2) is 4.39 Å². The van der Waals surface area contributed by atoms with E-state index in [9.17, 15) is 19.3 Å². The molecule has 0 saturated heterocycles. The lowest BCUT2D eigenvalue weighted by atomic mass is 9.98. The van der Waals surface area contributed by atoms with Crippen LogP contribution in [0.2, 0.25) is 0 Å². The van der Waals surface area contributed by atoms with Gasteiger partial charge in [0.05, 0.1) is 10.5 Å². The number of halogens is 1. The van der Waals surface area contributed by atoms with Crippen molar-refractivity contribution in [1.82, 2.24) is 5.32 Å². The zero-order valence-corrected chi connectivity index (χ0v) is 11.1. The van der Waals surface area contributed by atoms with E-state index in [1.54, 1.807) is 0 Å². The molecule has 6 heteroatoms. The number of non-ortho nitro benzene ring substituents is 1. The first-order valence-corrected chi connectivity index (χ1v) is 6.05. The van der Waals surface area contributed by atoms with E-state index < -0.39 is 16.6 Å². The third-order valence-electron chi connectivity index (χ3n) is 3.13. The monoisotopic (exact) mass is 268 g/mol. The van der Waals surface area contributed by atoms with E-state index in [1.165, 1.54) is 0 Å². The average molecular weight is 268 g/mol. The van der Waals surface area contributed by atoms with Crippen molar-refractivity contribution in [3.8, 4) is 0 Å². The number of carbonyl (C=O) groups excluding carboxylic acids is 1. The highest BCUT2D eigenvalue weighted by atomic mass is 19.1. The molecule has 0 saturated carbocycles. The van der Waals surface area contributed by atoms with Gasteiger partial charge in [-0.1, -0.05) is 20.8 Å². The van der Waals surface area contributed by atoms with Gasteiger partial charge in [-0.15, -0.1) is 0 Å². The SMILES string of the molecule is CC(C)C(C)CNC(=O)c1cc([N+](=O)[O-])ccc1F. The Morgan fingerprint density at radius 1 is 1.42 bits per heavy atom. The van der Waals surface area contributed by atoms with E-state index in [4.69, 9.17) is 0 Å². The van der Waals surface area contributed by atoms with E-state index >= 15 is 0 Å². The van der Waals surface area contributed by atoms with Crippen LogP contribution in [-0.4, -0.2) is 17.4 Å². The van der Waals surface area contributed by atoms with Crippen LogP contribution in [0.1, 0.15) is 31.1 Å². The van der Waals surface area contributed by atoms with Gasteiger partial charge in [-0.05, 0) is 17.9 Å². The molecule has 1 unspecified atom stereocenters. The Labute approximate surface area is 111 Å². The van der Waals surface area contributed by atoms with Crippen molar-refractivity contribution in [2.24, 2.45) is 11.8 Å². The lowest BCUT2D eigenvalue weighted by molar-refractivity contribution is -0.384. The molecule has 1 aromatic carbocycles. The molecule has 0 aliphatic rings. The van der Waals surface area contributed by atoms with E-state index in [0.29, 0.717) is 12.5 Å². The minimum absolute atomic E-state index is 0.241. The van der Waals surface area contributed by atoms with Crippen LogP contribution in [0, 0.1) is 27.8 Å². The number of carbonyl (C=O) groups is 1. The van der Waals surface area contributed by atoms with Crippen molar-refractivity contribution in [2.45, 2.75) is 20.8 Å². The number of amides is 1. The zero-order valence-electron chi connectivity index (χ0n) is 11.1. The number of hydrogen-bond donors (Lipinski definition) is 1. The summed E-state index contributed by atoms with van der Waals surface area (Å²) in [6.45, 7) is 6.41. The maximum atomic E-state index is 13.5. The van der Waals surface area contributed by atoms with Crippen LogP contribution in [-0.2, 0) is 0 Å². The normalized spacial score (nSPS) is 12.3. The van der Waals surface area contributed by atoms with Gasteiger partial charge in [-0.2, -0.15) is 0 Å². The maximum Gasteiger partial charge on any atom is 0.270 e. The standard InChI is InChI=1S/C13H17FN2O3/c1-8(2)9(3)7-15-13(17)11-6-10(16(18)19)4-5-12(11)14/h4-6,8-9H,7H2,1-3H3,(H,15,17). The quantitative estimate of drug-likeness (QED) is 0.659. The Morgan fingerprint density at radius 3 is 2.58 bits per heavy atom. The molecule has 19 heavy (non-hydrogen) atoms. The van der Waals surface area contributed by atoms with Crippen molar-refractivity contribution < 1.29 is 14.1 Å². The Morgan fingerprint density at radius 2 is 2.05 bits per heavy atom. The van der Waals surface area contributed by atoms with E-state index in [-0.39, 0.29) is 17.2 Å². The van der Waals surface area contributed by atoms with Crippen molar-refractivity contribution >= 4 is 11.6 Å². The summed E-state index contributed by atoms with van der Waals surface area (Å²) in [6.07, 6.45) is 0. The first kappa shape index (κ1) is 15.1. The molecule has 1 N–H and O–H groups in total. The smallest absolute Gasteiger partial charge is 0.270 e. The van der Waals surface area contributed by atoms with Crippen LogP contribution in [0.25, 0.3) is 0 Å². The average Bonchev–Trinajstić information content (AvgIpc) is 2.35. The van der Waals surface area contributed by atoms with Crippen LogP contribution < -0.4 is 5.32 Å². The van der Waals surface area contributed by atoms with E-state index in [2.05, 4.69) is 5.32 Å². The molecule has 0 heterocycles. The van der Waals surface area contributed by atoms with Crippen molar-refractivity contribution in [1.29, 1.82) is 0 Å². The maximum absolute atomic E-state index is 13.5. The number of rotatable bonds is 5. The van der Waals surface area contributed by atoms with Crippen molar-refractivity contribution in [2.75, 3.05) is 6.54 Å². The summed E-state index contributed by atoms with van der Waals surface area (Å²) in [5.41, 5.74) is -0.603. The minimum Gasteiger partial charge on any atom is -0.352 e. The van der Waals surface area contributed by atoms with Crippen LogP contribution in [0.5, 0.6) is 0 Å². The molecule has 1 atom stereocenters. The number of benzene rings is 1. The van der Waals surface area contributed by atoms with E-state index in [0.717, 1.165) is 18.2 Å². The van der Waals surface area contributed by atoms with Gasteiger partial charge in [0.25, 0.3) is 11.6 Å². The van der Waals surface area contributed by atoms with Crippen molar-refractivity contribution in [3.05, 3.63) is 39.7 Å². The lowest BCUT2D eigenvalue weighted by Crippen LogP contribution is -2.30. The Kier molecular flexibility index (Phi) is 4.97. The van der Waals surface area contributed by atoms with Gasteiger partial charge in [0.2, 0.25) is 0 Å². The molecule has 0 fully saturated rings. The molecule has 1 amide bonds. The predicted octanol–water partition coefficient (Wildman–Crippen LogP) is 2.76. The lowest BCUT2D eigenvalue weighted by Gasteiger charge is -2.16. The fraction of sp³-hybridized carbons (Fsp3) is 0.462. The second-order valence-electron chi connectivity index (χ2n) is 4.85. The third-order valence-corrected chi connectivity index (χ3v) is 3.13. The van der Waals surface area contributed by atoms with Gasteiger partial charge in [-0.3, -0.25) is 14.9 Å². The molecular formula is C13H17FN2O3. The molecule has 1 rings (SSSR count). The second-order valence-corrected chi connectivity index (χ2v) is 4.85. The van der Waals surface area contributed by atoms with Gasteiger partial charge in [0.15, 0.2) is 0 Å². The van der Waals surface area contributed by atoms with Crippen LogP contribution in [0.4, 0.5) is 10.1 Å². The third kappa shape index (κ3) is 4.01. The number of nitro benzene ring substituents is 1. The number of nitrogens with zero attached hydrogens (tertiary/aromatic N) is 1. The largest absolute Gasteiger partial charge is 0.352 e. The first-order valence-electron chi connectivity index (χ1n) is 6.05. The molecule has 1 aromatic rings. The summed E-state index contributed by atoms with van der Waals surface area (Å²) in [7, 11) is 0. The molecule has 0 aromatic heterocycles. The second kappa shape index (κ2) is 6.26. The fourth-order valence-corrected chi connectivity index (χ4v) is 1.39. The molecule has 0 bridgehead atoms. The van der Waals surface area contributed by atoms with E-state index in [1.807, 2.05) is 20.8 Å². The fourth-order valence-electron chi connectivity index (χ4n) is 1.39. The summed E-state index contributed by atoms with van der Waals surface area (Å²) in [5, 5.41) is 13.2. The number of hydrogen-bond acceptors (Lipinski definition) is 3. The van der Waals surface area contributed by atoms with Gasteiger partial charge >= 0.3 is 0 Å². The molecule has 0 aliphatic heterocycles. The molecule has 104 valence electrons. The topological polar surface area (TPSA) is 72.2 Å². The Hall–Kier alpha value is -1.98. The van der Waals surface area contributed by atoms with Crippen LogP contribution >= 0.6 is 0 Å². The summed E-state index contributed by atoms with van der Waals surface area (Å²) in [4.78, 5) is 21.7. The molecule has 0 aliphatic carbocycles. The highest BCUT2D eigenvalue weighted by Gasteiger charge is 2.17. The van der Waals surface area contributed by atoms with Crippen LogP contribution in [0.3, 0.4) is 0 Å². The molecule has 5 nitrogen and oxygen atoms in total. The number of nitrogens with one attached hydrogen (secondary N) is 1. The zero-order chi connectivity index (χ0) is 14.6. The van der Waals surface area contributed by atoms with Gasteiger partial charge in [0, 0.05) is 18.7 Å². The minimum atomic E-state index is -0.764. The van der Waals surface area contributed by atoms with Crippen LogP contribution in [0.15, 0.2) is 18.2 Å². The first-order chi connectivity index (χ1) is 8.82. The highest BCUT2D eigenvalue weighted by molar-refractivity contribution is 5.95. The molecule has 0 radical (unpaired) electrons. The summed E-state index contributed by atoms with van der Waals surface area (Å²) in [6, 6.07) is 2.91. The Bertz CT molecular complexity index is 489. The highest BCUT2D eigenvalue weighted by Crippen LogP contribution is 2.17. The van der Waals surface area contributed by atoms with Crippen molar-refractivity contribution in [3.63, 3.8) is 0 Å². The predicted molar refractivity (Wildman–Crippen MR) is 69.4 cm³/mol. The molecule has 0 spiro atoms. The summed E-state index contributed by atoms with van der Waals surface area (Å²) in [5.74, 6) is -0.769. The summed E-state index contributed by atoms with van der Waals surface area (Å²) < 4.78 is 13.5. The van der Waals surface area contributed by atoms with Gasteiger partial charge in [0.1, 0.15) is 5.82 Å². The summed E-state index contributed by atoms with van der Waals surface area (Å²) >= 11 is 0. The molecular weight excluding hydrogens is 251 g/mol. The Balaban J connectivity index is 2.82. The van der Waals surface area contributed by atoms with Gasteiger partial charge < -0.3 is 5.32 Å². The number of nitro groups is 1.